The van der Waals surface area contributed by atoms with E-state index in [4.69, 9.17) is 5.73 Å². The molecular weight excluding hydrogens is 395 g/mol. The number of halogens is 1. The van der Waals surface area contributed by atoms with Crippen LogP contribution in [-0.4, -0.2) is 10.9 Å². The minimum atomic E-state index is -0.430. The third-order valence-electron chi connectivity index (χ3n) is 2.90. The third-order valence-corrected chi connectivity index (χ3v) is 2.90. The number of hydrogen-bond donors (Lipinski definition) is 2. The lowest BCUT2D eigenvalue weighted by Crippen LogP contribution is -2.22. The van der Waals surface area contributed by atoms with Gasteiger partial charge in [0.2, 0.25) is 0 Å². The molecule has 2 rings (SSSR count). The number of nitrogens with two attached hydrogens (primary N) is 1. The van der Waals surface area contributed by atoms with Gasteiger partial charge in [-0.05, 0) is 24.6 Å². The largest absolute Gasteiger partial charge is 0.370 e. The normalized spacial score (nSPS) is 10.7. The number of nitro benzene ring substituents is 1. The first-order valence-corrected chi connectivity index (χ1v) is 6.41. The molecule has 0 bridgehead atoms. The van der Waals surface area contributed by atoms with E-state index < -0.39 is 4.92 Å². The van der Waals surface area contributed by atoms with E-state index in [9.17, 15) is 10.1 Å². The number of nitrogens with one attached hydrogen (secondary N) is 1. The van der Waals surface area contributed by atoms with E-state index in [1.54, 1.807) is 12.1 Å². The van der Waals surface area contributed by atoms with Crippen LogP contribution in [0.5, 0.6) is 0 Å². The summed E-state index contributed by atoms with van der Waals surface area (Å²) in [7, 11) is 0. The number of benzene rings is 2. The second-order valence-electron chi connectivity index (χ2n) is 4.62. The highest BCUT2D eigenvalue weighted by atomic mass is 127. The molecule has 0 aliphatic rings. The Bertz CT molecular complexity index is 654. The fraction of sp³-hybridized carbons (Fsp3) is 0.133. The molecule has 0 heterocycles. The van der Waals surface area contributed by atoms with Crippen LogP contribution in [0.25, 0.3) is 0 Å². The van der Waals surface area contributed by atoms with Gasteiger partial charge in [-0.25, -0.2) is 4.99 Å². The van der Waals surface area contributed by atoms with Crippen molar-refractivity contribution in [2.24, 2.45) is 10.7 Å². The first kappa shape index (κ1) is 17.9. The molecule has 0 aliphatic heterocycles. The molecule has 2 aromatic rings. The van der Waals surface area contributed by atoms with E-state index in [2.05, 4.69) is 10.3 Å². The molecule has 7 heteroatoms. The molecule has 0 saturated carbocycles. The molecule has 116 valence electrons. The molecule has 0 aliphatic carbocycles. The molecule has 2 aromatic carbocycles. The van der Waals surface area contributed by atoms with Crippen LogP contribution in [0.4, 0.5) is 11.4 Å². The molecule has 0 spiro atoms. The number of hydrogen-bond acceptors (Lipinski definition) is 3. The standard InChI is InChI=1S/C15H16N4O2.HI/c1-11-2-6-13(7-3-11)18-15(16)17-10-12-4-8-14(9-5-12)19(20)21;/h2-9H,10H2,1H3,(H3,16,17,18);1H. The van der Waals surface area contributed by atoms with Gasteiger partial charge in [0.25, 0.3) is 5.69 Å². The van der Waals surface area contributed by atoms with Gasteiger partial charge >= 0.3 is 0 Å². The number of nitrogens with zero attached hydrogens (tertiary/aromatic N) is 2. The van der Waals surface area contributed by atoms with Gasteiger partial charge in [-0.1, -0.05) is 29.8 Å². The second-order valence-corrected chi connectivity index (χ2v) is 4.62. The van der Waals surface area contributed by atoms with Crippen molar-refractivity contribution in [2.45, 2.75) is 13.5 Å². The van der Waals surface area contributed by atoms with Crippen LogP contribution in [0.15, 0.2) is 53.5 Å². The van der Waals surface area contributed by atoms with E-state index >= 15 is 0 Å². The van der Waals surface area contributed by atoms with Crippen LogP contribution in [-0.2, 0) is 6.54 Å². The highest BCUT2D eigenvalue weighted by molar-refractivity contribution is 14.0. The quantitative estimate of drug-likeness (QED) is 0.265. The van der Waals surface area contributed by atoms with Gasteiger partial charge in [-0.15, -0.1) is 24.0 Å². The summed E-state index contributed by atoms with van der Waals surface area (Å²) in [6.07, 6.45) is 0. The van der Waals surface area contributed by atoms with Gasteiger partial charge in [0, 0.05) is 17.8 Å². The molecule has 0 unspecified atom stereocenters. The Kier molecular flexibility index (Phi) is 6.77. The van der Waals surface area contributed by atoms with Crippen molar-refractivity contribution < 1.29 is 4.92 Å². The molecule has 0 amide bonds. The summed E-state index contributed by atoms with van der Waals surface area (Å²) in [5.41, 5.74) is 8.75. The summed E-state index contributed by atoms with van der Waals surface area (Å²) in [5, 5.41) is 13.5. The van der Waals surface area contributed by atoms with E-state index in [0.29, 0.717) is 12.5 Å². The highest BCUT2D eigenvalue weighted by Crippen LogP contribution is 2.12. The number of aryl methyl sites for hydroxylation is 1. The van der Waals surface area contributed by atoms with Crippen molar-refractivity contribution in [3.05, 3.63) is 69.8 Å². The molecule has 22 heavy (non-hydrogen) atoms. The lowest BCUT2D eigenvalue weighted by Gasteiger charge is -2.06. The Hall–Kier alpha value is -2.16. The monoisotopic (exact) mass is 412 g/mol. The predicted octanol–water partition coefficient (Wildman–Crippen LogP) is 3.45. The second kappa shape index (κ2) is 8.32. The van der Waals surface area contributed by atoms with Gasteiger partial charge in [0.1, 0.15) is 0 Å². The Balaban J connectivity index is 0.00000242. The fourth-order valence-electron chi connectivity index (χ4n) is 1.72. The highest BCUT2D eigenvalue weighted by Gasteiger charge is 2.03. The van der Waals surface area contributed by atoms with Crippen molar-refractivity contribution in [3.63, 3.8) is 0 Å². The molecule has 0 fully saturated rings. The zero-order chi connectivity index (χ0) is 15.2. The number of non-ortho nitro benzene ring substituents is 1. The van der Waals surface area contributed by atoms with Gasteiger partial charge < -0.3 is 11.1 Å². The Labute approximate surface area is 145 Å². The van der Waals surface area contributed by atoms with Crippen molar-refractivity contribution in [3.8, 4) is 0 Å². The average molecular weight is 412 g/mol. The fourth-order valence-corrected chi connectivity index (χ4v) is 1.72. The van der Waals surface area contributed by atoms with Crippen LogP contribution in [0, 0.1) is 17.0 Å². The molecule has 0 radical (unpaired) electrons. The summed E-state index contributed by atoms with van der Waals surface area (Å²) in [6.45, 7) is 2.37. The van der Waals surface area contributed by atoms with E-state index in [0.717, 1.165) is 11.3 Å². The average Bonchev–Trinajstić information content (AvgIpc) is 2.48. The van der Waals surface area contributed by atoms with Crippen LogP contribution in [0.1, 0.15) is 11.1 Å². The maximum absolute atomic E-state index is 10.6. The van der Waals surface area contributed by atoms with E-state index in [-0.39, 0.29) is 29.7 Å². The Morgan fingerprint density at radius 1 is 1.18 bits per heavy atom. The maximum Gasteiger partial charge on any atom is 0.269 e. The van der Waals surface area contributed by atoms with Crippen LogP contribution in [0.3, 0.4) is 0 Å². The number of aliphatic imine (C=N–C) groups is 1. The Morgan fingerprint density at radius 2 is 1.77 bits per heavy atom. The van der Waals surface area contributed by atoms with E-state index in [1.807, 2.05) is 31.2 Å². The number of rotatable bonds is 4. The van der Waals surface area contributed by atoms with Crippen LogP contribution in [0.2, 0.25) is 0 Å². The molecule has 6 nitrogen and oxygen atoms in total. The van der Waals surface area contributed by atoms with E-state index in [1.165, 1.54) is 17.7 Å². The van der Waals surface area contributed by atoms with Crippen molar-refractivity contribution in [1.82, 2.24) is 0 Å². The number of nitro groups is 1. The topological polar surface area (TPSA) is 93.5 Å². The van der Waals surface area contributed by atoms with Gasteiger partial charge in [0.15, 0.2) is 5.96 Å². The number of anilines is 1. The van der Waals surface area contributed by atoms with Gasteiger partial charge in [-0.2, -0.15) is 0 Å². The lowest BCUT2D eigenvalue weighted by molar-refractivity contribution is -0.384. The first-order valence-electron chi connectivity index (χ1n) is 6.41. The summed E-state index contributed by atoms with van der Waals surface area (Å²) in [6, 6.07) is 14.0. The van der Waals surface area contributed by atoms with Crippen molar-refractivity contribution >= 4 is 41.3 Å². The summed E-state index contributed by atoms with van der Waals surface area (Å²) >= 11 is 0. The van der Waals surface area contributed by atoms with Crippen molar-refractivity contribution in [2.75, 3.05) is 5.32 Å². The lowest BCUT2D eigenvalue weighted by atomic mass is 10.2. The SMILES string of the molecule is Cc1ccc(NC(N)=NCc2ccc([N+](=O)[O-])cc2)cc1.I. The summed E-state index contributed by atoms with van der Waals surface area (Å²) in [5.74, 6) is 0.303. The summed E-state index contributed by atoms with van der Waals surface area (Å²) in [4.78, 5) is 14.3. The molecular formula is C15H17IN4O2. The molecule has 0 aromatic heterocycles. The minimum absolute atomic E-state index is 0. The molecule has 0 atom stereocenters. The zero-order valence-corrected chi connectivity index (χ0v) is 14.4. The zero-order valence-electron chi connectivity index (χ0n) is 12.0. The smallest absolute Gasteiger partial charge is 0.269 e. The van der Waals surface area contributed by atoms with Gasteiger partial charge in [-0.3, -0.25) is 10.1 Å². The maximum atomic E-state index is 10.6. The number of guanidine groups is 1. The minimum Gasteiger partial charge on any atom is -0.370 e. The molecule has 3 N–H and O–H groups in total. The van der Waals surface area contributed by atoms with Crippen molar-refractivity contribution in [1.29, 1.82) is 0 Å². The van der Waals surface area contributed by atoms with Crippen LogP contribution >= 0.6 is 24.0 Å². The van der Waals surface area contributed by atoms with Crippen LogP contribution < -0.4 is 11.1 Å². The Morgan fingerprint density at radius 3 is 2.32 bits per heavy atom. The summed E-state index contributed by atoms with van der Waals surface area (Å²) < 4.78 is 0. The third kappa shape index (κ3) is 5.32. The molecule has 0 saturated heterocycles. The van der Waals surface area contributed by atoms with Gasteiger partial charge in [0.05, 0.1) is 11.5 Å². The predicted molar refractivity (Wildman–Crippen MR) is 98.6 cm³/mol. The first-order chi connectivity index (χ1) is 10.0.